The van der Waals surface area contributed by atoms with Gasteiger partial charge in [0.05, 0.1) is 4.90 Å². The van der Waals surface area contributed by atoms with Crippen LogP contribution in [0.4, 0.5) is 0 Å². The van der Waals surface area contributed by atoms with Gasteiger partial charge in [0.25, 0.3) is 10.1 Å². The van der Waals surface area contributed by atoms with Crippen molar-refractivity contribution in [2.75, 3.05) is 0 Å². The summed E-state index contributed by atoms with van der Waals surface area (Å²) in [5, 5.41) is 0. The fraction of sp³-hybridized carbons (Fsp3) is 0.250. The van der Waals surface area contributed by atoms with Crippen molar-refractivity contribution in [3.63, 3.8) is 0 Å². The minimum Gasteiger partial charge on any atom is -0.282 e. The van der Waals surface area contributed by atoms with Gasteiger partial charge in [-0.15, -0.1) is 0 Å². The highest BCUT2D eigenvalue weighted by molar-refractivity contribution is 8.06. The monoisotopic (exact) mass is 352 g/mol. The molecule has 0 saturated heterocycles. The lowest BCUT2D eigenvalue weighted by atomic mass is 10.1. The third kappa shape index (κ3) is 2.52. The number of hydrogen-bond acceptors (Lipinski definition) is 3. The Morgan fingerprint density at radius 2 is 1.59 bits per heavy atom. The lowest BCUT2D eigenvalue weighted by Gasteiger charge is -2.14. The standard InChI is InChI=1S/C8H4Cl4O3S2/c9-7(10)5-2-1-4(17(13,14)15)3-6(5)8(11,12)16-7/h1-3H,(H,13,14,15). The first kappa shape index (κ1) is 14.1. The lowest BCUT2D eigenvalue weighted by Crippen LogP contribution is -2.04. The Hall–Kier alpha value is 0.640. The van der Waals surface area contributed by atoms with E-state index >= 15 is 0 Å². The highest BCUT2D eigenvalue weighted by Crippen LogP contribution is 2.66. The van der Waals surface area contributed by atoms with Crippen LogP contribution < -0.4 is 0 Å². The molecule has 1 N–H and O–H groups in total. The van der Waals surface area contributed by atoms with E-state index in [4.69, 9.17) is 51.0 Å². The summed E-state index contributed by atoms with van der Waals surface area (Å²) in [4.78, 5) is -0.312. The van der Waals surface area contributed by atoms with E-state index in [0.29, 0.717) is 5.56 Å². The maximum absolute atomic E-state index is 11.0. The third-order valence-corrected chi connectivity index (χ3v) is 5.71. The maximum atomic E-state index is 11.0. The van der Waals surface area contributed by atoms with E-state index in [1.54, 1.807) is 0 Å². The van der Waals surface area contributed by atoms with Crippen LogP contribution in [0.3, 0.4) is 0 Å². The van der Waals surface area contributed by atoms with Crippen molar-refractivity contribution in [2.45, 2.75) is 12.2 Å². The van der Waals surface area contributed by atoms with Crippen LogP contribution in [0, 0.1) is 0 Å². The van der Waals surface area contributed by atoms with Gasteiger partial charge in [0, 0.05) is 11.1 Å². The Balaban J connectivity index is 2.69. The van der Waals surface area contributed by atoms with Crippen LogP contribution in [0.25, 0.3) is 0 Å². The van der Waals surface area contributed by atoms with E-state index in [1.807, 2.05) is 0 Å². The molecule has 0 radical (unpaired) electrons. The van der Waals surface area contributed by atoms with Gasteiger partial charge >= 0.3 is 0 Å². The molecule has 0 atom stereocenters. The van der Waals surface area contributed by atoms with Crippen molar-refractivity contribution in [3.8, 4) is 0 Å². The quantitative estimate of drug-likeness (QED) is 0.615. The maximum Gasteiger partial charge on any atom is 0.294 e. The molecule has 1 heterocycles. The number of thioether (sulfide) groups is 1. The van der Waals surface area contributed by atoms with Gasteiger partial charge in [0.2, 0.25) is 0 Å². The molecule has 94 valence electrons. The highest BCUT2D eigenvalue weighted by atomic mass is 35.5. The Morgan fingerprint density at radius 1 is 1.06 bits per heavy atom. The first-order valence-corrected chi connectivity index (χ1v) is 7.89. The minimum absolute atomic E-state index is 0.256. The molecule has 0 fully saturated rings. The third-order valence-electron chi connectivity index (χ3n) is 2.17. The zero-order valence-corrected chi connectivity index (χ0v) is 12.5. The highest BCUT2D eigenvalue weighted by Gasteiger charge is 2.50. The predicted molar refractivity (Wildman–Crippen MR) is 70.6 cm³/mol. The van der Waals surface area contributed by atoms with Gasteiger partial charge in [-0.25, -0.2) is 0 Å². The zero-order chi connectivity index (χ0) is 13.1. The number of alkyl halides is 4. The molecule has 0 saturated carbocycles. The molecule has 1 aliphatic heterocycles. The summed E-state index contributed by atoms with van der Waals surface area (Å²) < 4.78 is 28.1. The van der Waals surface area contributed by atoms with E-state index in [0.717, 1.165) is 17.8 Å². The van der Waals surface area contributed by atoms with E-state index < -0.39 is 17.4 Å². The van der Waals surface area contributed by atoms with Crippen molar-refractivity contribution in [1.29, 1.82) is 0 Å². The molecule has 17 heavy (non-hydrogen) atoms. The summed E-state index contributed by atoms with van der Waals surface area (Å²) >= 11 is 24.8. The van der Waals surface area contributed by atoms with Crippen LogP contribution in [0.2, 0.25) is 0 Å². The largest absolute Gasteiger partial charge is 0.294 e. The molecule has 0 bridgehead atoms. The molecule has 2 rings (SSSR count). The number of rotatable bonds is 1. The number of halogens is 4. The molecule has 0 unspecified atom stereocenters. The molecular weight excluding hydrogens is 350 g/mol. The van der Waals surface area contributed by atoms with Crippen molar-refractivity contribution in [3.05, 3.63) is 29.3 Å². The van der Waals surface area contributed by atoms with Gasteiger partial charge < -0.3 is 0 Å². The van der Waals surface area contributed by atoms with Gasteiger partial charge in [0.15, 0.2) is 7.33 Å². The van der Waals surface area contributed by atoms with E-state index in [1.165, 1.54) is 12.1 Å². The molecule has 1 aliphatic rings. The van der Waals surface area contributed by atoms with Crippen molar-refractivity contribution in [1.82, 2.24) is 0 Å². The molecule has 3 nitrogen and oxygen atoms in total. The summed E-state index contributed by atoms with van der Waals surface area (Å²) in [5.41, 5.74) is 0.661. The van der Waals surface area contributed by atoms with Crippen LogP contribution in [0.15, 0.2) is 23.1 Å². The molecule has 0 aliphatic carbocycles. The number of hydrogen-bond donors (Lipinski definition) is 1. The first-order valence-electron chi connectivity index (χ1n) is 4.12. The van der Waals surface area contributed by atoms with Crippen LogP contribution in [-0.2, 0) is 17.4 Å². The summed E-state index contributed by atoms with van der Waals surface area (Å²) in [5.74, 6) is 0. The Bertz CT molecular complexity index is 582. The van der Waals surface area contributed by atoms with Gasteiger partial charge in [-0.2, -0.15) is 8.42 Å². The van der Waals surface area contributed by atoms with Gasteiger partial charge in [0.1, 0.15) is 0 Å². The normalized spacial score (nSPS) is 21.2. The topological polar surface area (TPSA) is 54.4 Å². The SMILES string of the molecule is O=S(=O)(O)c1ccc2c(c1)C(Cl)(Cl)SC2(Cl)Cl. The zero-order valence-electron chi connectivity index (χ0n) is 7.82. The second-order valence-electron chi connectivity index (χ2n) is 3.32. The van der Waals surface area contributed by atoms with Crippen molar-refractivity contribution >= 4 is 68.3 Å². The Morgan fingerprint density at radius 3 is 2.12 bits per heavy atom. The summed E-state index contributed by atoms with van der Waals surface area (Å²) in [6, 6.07) is 3.71. The Kier molecular flexibility index (Phi) is 3.36. The smallest absolute Gasteiger partial charge is 0.282 e. The van der Waals surface area contributed by atoms with Gasteiger partial charge in [-0.05, 0) is 12.1 Å². The van der Waals surface area contributed by atoms with Crippen molar-refractivity contribution < 1.29 is 13.0 Å². The predicted octanol–water partition coefficient (Wildman–Crippen LogP) is 3.86. The second kappa shape index (κ2) is 4.07. The molecule has 9 heteroatoms. The van der Waals surface area contributed by atoms with E-state index in [2.05, 4.69) is 0 Å². The number of fused-ring (bicyclic) bond motifs is 1. The lowest BCUT2D eigenvalue weighted by molar-refractivity contribution is 0.483. The average molecular weight is 354 g/mol. The molecular formula is C8H4Cl4O3S2. The number of benzene rings is 1. The van der Waals surface area contributed by atoms with Gasteiger partial charge in [-0.3, -0.25) is 4.55 Å². The van der Waals surface area contributed by atoms with Crippen molar-refractivity contribution in [2.24, 2.45) is 0 Å². The van der Waals surface area contributed by atoms with E-state index in [-0.39, 0.29) is 10.5 Å². The van der Waals surface area contributed by atoms with Crippen LogP contribution >= 0.6 is 58.2 Å². The average Bonchev–Trinajstić information content (AvgIpc) is 2.31. The van der Waals surface area contributed by atoms with Crippen LogP contribution in [-0.4, -0.2) is 13.0 Å². The fourth-order valence-corrected chi connectivity index (χ4v) is 5.35. The van der Waals surface area contributed by atoms with Crippen LogP contribution in [0.5, 0.6) is 0 Å². The van der Waals surface area contributed by atoms with E-state index in [9.17, 15) is 8.42 Å². The fourth-order valence-electron chi connectivity index (χ4n) is 1.45. The molecule has 0 aromatic heterocycles. The molecule has 0 spiro atoms. The summed E-state index contributed by atoms with van der Waals surface area (Å²) in [6.45, 7) is 0. The molecule has 1 aromatic carbocycles. The summed E-state index contributed by atoms with van der Waals surface area (Å²) in [6.07, 6.45) is 0. The van der Waals surface area contributed by atoms with Crippen LogP contribution in [0.1, 0.15) is 11.1 Å². The van der Waals surface area contributed by atoms with Gasteiger partial charge in [-0.1, -0.05) is 64.2 Å². The Labute approximate surface area is 122 Å². The minimum atomic E-state index is -4.32. The summed E-state index contributed by atoms with van der Waals surface area (Å²) in [7, 11) is -4.32. The second-order valence-corrected chi connectivity index (χ2v) is 9.72. The first-order chi connectivity index (χ1) is 7.54. The molecule has 1 aromatic rings. The molecule has 0 amide bonds.